The summed E-state index contributed by atoms with van der Waals surface area (Å²) in [5.41, 5.74) is 0.403. The van der Waals surface area contributed by atoms with Gasteiger partial charge in [-0.15, -0.1) is 6.58 Å². The number of benzene rings is 1. The smallest absolute Gasteiger partial charge is 0.329 e. The van der Waals surface area contributed by atoms with Gasteiger partial charge < -0.3 is 4.74 Å². The molecular formula is C12H13F5O2S. The first-order valence-corrected chi connectivity index (χ1v) is 7.50. The molecule has 1 unspecified atom stereocenters. The van der Waals surface area contributed by atoms with Crippen LogP contribution in [0, 0.1) is 0 Å². The zero-order chi connectivity index (χ0) is 15.5. The van der Waals surface area contributed by atoms with Crippen LogP contribution < -0.4 is 0 Å². The molecule has 8 heteroatoms. The Hall–Kier alpha value is -1.57. The molecule has 0 aliphatic carbocycles. The molecule has 0 fully saturated rings. The van der Waals surface area contributed by atoms with Crippen molar-refractivity contribution in [3.05, 3.63) is 48.6 Å². The zero-order valence-electron chi connectivity index (χ0n) is 10.3. The summed E-state index contributed by atoms with van der Waals surface area (Å²) in [6, 6.07) is 7.80. The van der Waals surface area contributed by atoms with Gasteiger partial charge in [-0.2, -0.15) is 0 Å². The second kappa shape index (κ2) is 4.76. The third-order valence-corrected chi connectivity index (χ3v) is 3.87. The maximum absolute atomic E-state index is 12.7. The van der Waals surface area contributed by atoms with E-state index in [4.69, 9.17) is 0 Å². The van der Waals surface area contributed by atoms with Gasteiger partial charge in [-0.05, 0) is 12.0 Å². The number of esters is 1. The molecule has 0 amide bonds. The highest BCUT2D eigenvalue weighted by atomic mass is 32.5. The van der Waals surface area contributed by atoms with Crippen molar-refractivity contribution in [3.63, 3.8) is 0 Å². The van der Waals surface area contributed by atoms with Gasteiger partial charge in [-0.1, -0.05) is 55.8 Å². The van der Waals surface area contributed by atoms with Gasteiger partial charge in [-0.3, -0.25) is 4.79 Å². The lowest BCUT2D eigenvalue weighted by atomic mass is 10.2. The summed E-state index contributed by atoms with van der Waals surface area (Å²) in [5.74, 6) is -1.99. The fourth-order valence-electron chi connectivity index (χ4n) is 1.43. The monoisotopic (exact) mass is 316 g/mol. The van der Waals surface area contributed by atoms with Crippen LogP contribution in [0.2, 0.25) is 0 Å². The Kier molecular flexibility index (Phi) is 3.93. The third kappa shape index (κ3) is 4.84. The molecule has 0 spiro atoms. The second-order valence-electron chi connectivity index (χ2n) is 4.13. The summed E-state index contributed by atoms with van der Waals surface area (Å²) < 4.78 is 67.8. The van der Waals surface area contributed by atoms with Crippen molar-refractivity contribution >= 4 is 16.2 Å². The number of hydrogen-bond acceptors (Lipinski definition) is 2. The number of allylic oxidation sites excluding steroid dienone is 1. The van der Waals surface area contributed by atoms with Crippen LogP contribution in [0.5, 0.6) is 0 Å². The van der Waals surface area contributed by atoms with Crippen LogP contribution in [0.3, 0.4) is 0 Å². The molecule has 20 heavy (non-hydrogen) atoms. The summed E-state index contributed by atoms with van der Waals surface area (Å²) in [6.45, 7) is 2.46. The standard InChI is InChI=1S/C12H13F5O2S/c1-2-6-11(20(13,14,15,16)17)12(18)19-9-10-7-4-3-5-8-10/h2-5,7-8,11H,1,6,9H2. The van der Waals surface area contributed by atoms with E-state index < -0.39 is 34.5 Å². The second-order valence-corrected chi connectivity index (χ2v) is 6.76. The minimum atomic E-state index is -9.97. The molecule has 1 rings (SSSR count). The summed E-state index contributed by atoms with van der Waals surface area (Å²) in [4.78, 5) is 11.3. The van der Waals surface area contributed by atoms with E-state index in [2.05, 4.69) is 11.3 Å². The van der Waals surface area contributed by atoms with Crippen molar-refractivity contribution in [2.24, 2.45) is 0 Å². The molecule has 0 bridgehead atoms. The van der Waals surface area contributed by atoms with Crippen molar-refractivity contribution in [1.29, 1.82) is 0 Å². The summed E-state index contributed by atoms with van der Waals surface area (Å²) >= 11 is 0. The van der Waals surface area contributed by atoms with Crippen LogP contribution in [0.15, 0.2) is 43.0 Å². The summed E-state index contributed by atoms with van der Waals surface area (Å²) in [6.07, 6.45) is -0.599. The molecule has 1 aromatic rings. The van der Waals surface area contributed by atoms with Crippen molar-refractivity contribution in [2.75, 3.05) is 0 Å². The number of hydrogen-bond donors (Lipinski definition) is 0. The summed E-state index contributed by atoms with van der Waals surface area (Å²) in [5, 5.41) is -3.46. The molecule has 0 radical (unpaired) electrons. The highest BCUT2D eigenvalue weighted by molar-refractivity contribution is 8.46. The minimum Gasteiger partial charge on any atom is -0.460 e. The fourth-order valence-corrected chi connectivity index (χ4v) is 2.36. The third-order valence-electron chi connectivity index (χ3n) is 2.41. The van der Waals surface area contributed by atoms with Gasteiger partial charge in [0.05, 0.1) is 0 Å². The Labute approximate surface area is 113 Å². The Balaban J connectivity index is 2.84. The molecule has 0 aliphatic rings. The minimum absolute atomic E-state index is 0.403. The number of rotatable bonds is 6. The SMILES string of the molecule is C=CCC(C(=O)OCc1ccccc1)S(F)(F)(F)(F)F. The molecule has 1 aromatic carbocycles. The van der Waals surface area contributed by atoms with Crippen molar-refractivity contribution in [3.8, 4) is 0 Å². The van der Waals surface area contributed by atoms with Gasteiger partial charge in [-0.25, -0.2) is 0 Å². The number of carbonyl (C=O) groups excluding carboxylic acids is 1. The maximum Gasteiger partial charge on any atom is 0.329 e. The van der Waals surface area contributed by atoms with Crippen LogP contribution in [-0.2, 0) is 16.1 Å². The van der Waals surface area contributed by atoms with Gasteiger partial charge >= 0.3 is 5.97 Å². The lowest BCUT2D eigenvalue weighted by molar-refractivity contribution is -0.145. The molecule has 0 saturated carbocycles. The molecule has 0 aromatic heterocycles. The number of carbonyl (C=O) groups is 1. The predicted molar refractivity (Wildman–Crippen MR) is 68.0 cm³/mol. The van der Waals surface area contributed by atoms with Crippen molar-refractivity contribution in [2.45, 2.75) is 18.3 Å². The van der Waals surface area contributed by atoms with E-state index in [1.807, 2.05) is 0 Å². The van der Waals surface area contributed by atoms with Crippen LogP contribution >= 0.6 is 10.2 Å². The normalized spacial score (nSPS) is 16.6. The lowest BCUT2D eigenvalue weighted by Gasteiger charge is -2.45. The molecule has 1 atom stereocenters. The van der Waals surface area contributed by atoms with E-state index >= 15 is 0 Å². The zero-order valence-corrected chi connectivity index (χ0v) is 11.1. The topological polar surface area (TPSA) is 26.3 Å². The number of halogens is 5. The van der Waals surface area contributed by atoms with E-state index in [-0.39, 0.29) is 0 Å². The van der Waals surface area contributed by atoms with Crippen LogP contribution in [0.1, 0.15) is 12.0 Å². The van der Waals surface area contributed by atoms with E-state index in [0.29, 0.717) is 11.6 Å². The van der Waals surface area contributed by atoms with Crippen LogP contribution in [0.4, 0.5) is 19.4 Å². The predicted octanol–water partition coefficient (Wildman–Crippen LogP) is 4.97. The van der Waals surface area contributed by atoms with E-state index in [1.165, 1.54) is 12.1 Å². The molecule has 0 saturated heterocycles. The molecule has 114 valence electrons. The fraction of sp³-hybridized carbons (Fsp3) is 0.250. The molecule has 0 N–H and O–H groups in total. The van der Waals surface area contributed by atoms with Crippen LogP contribution in [0.25, 0.3) is 0 Å². The first-order valence-electron chi connectivity index (χ1n) is 5.48. The Morgan fingerprint density at radius 2 is 1.75 bits per heavy atom. The highest BCUT2D eigenvalue weighted by Crippen LogP contribution is 3.00. The largest absolute Gasteiger partial charge is 0.460 e. The van der Waals surface area contributed by atoms with E-state index in [0.717, 1.165) is 0 Å². The summed E-state index contributed by atoms with van der Waals surface area (Å²) in [7, 11) is -9.97. The Morgan fingerprint density at radius 3 is 2.20 bits per heavy atom. The van der Waals surface area contributed by atoms with Gasteiger partial charge in [0.1, 0.15) is 6.61 Å². The van der Waals surface area contributed by atoms with Gasteiger partial charge in [0, 0.05) is 0 Å². The van der Waals surface area contributed by atoms with Crippen molar-refractivity contribution < 1.29 is 29.0 Å². The Morgan fingerprint density at radius 1 is 1.20 bits per heavy atom. The molecule has 0 aliphatic heterocycles. The quantitative estimate of drug-likeness (QED) is 0.420. The van der Waals surface area contributed by atoms with Crippen LogP contribution in [-0.4, -0.2) is 11.2 Å². The van der Waals surface area contributed by atoms with Gasteiger partial charge in [0.15, 0.2) is 5.25 Å². The van der Waals surface area contributed by atoms with Gasteiger partial charge in [0.2, 0.25) is 0 Å². The average molecular weight is 316 g/mol. The van der Waals surface area contributed by atoms with E-state index in [9.17, 15) is 24.2 Å². The average Bonchev–Trinajstić information content (AvgIpc) is 2.31. The van der Waals surface area contributed by atoms with Crippen molar-refractivity contribution in [1.82, 2.24) is 0 Å². The lowest BCUT2D eigenvalue weighted by Crippen LogP contribution is -2.34. The highest BCUT2D eigenvalue weighted by Gasteiger charge is 2.72. The number of ether oxygens (including phenoxy) is 1. The molecule has 0 heterocycles. The Bertz CT molecular complexity index is 497. The molecule has 2 nitrogen and oxygen atoms in total. The van der Waals surface area contributed by atoms with Gasteiger partial charge in [0.25, 0.3) is 10.2 Å². The first kappa shape index (κ1) is 16.5. The van der Waals surface area contributed by atoms with E-state index in [1.54, 1.807) is 18.2 Å². The first-order chi connectivity index (χ1) is 8.94. The maximum atomic E-state index is 12.7. The molecular weight excluding hydrogens is 303 g/mol.